The van der Waals surface area contributed by atoms with Crippen LogP contribution in [0.25, 0.3) is 22.2 Å². The van der Waals surface area contributed by atoms with Crippen molar-refractivity contribution in [2.45, 2.75) is 13.3 Å². The number of nitro benzene ring substituents is 1. The number of rotatable bonds is 6. The monoisotopic (exact) mass is 407 g/mol. The Bertz CT molecular complexity index is 1190. The number of carbonyl (C=O) groups is 1. The van der Waals surface area contributed by atoms with Crippen LogP contribution in [-0.2, 0) is 6.42 Å². The van der Waals surface area contributed by atoms with Crippen molar-refractivity contribution >= 4 is 33.9 Å². The second-order valence-corrected chi connectivity index (χ2v) is 7.43. The molecule has 0 atom stereocenters. The maximum absolute atomic E-state index is 12.5. The van der Waals surface area contributed by atoms with Crippen LogP contribution in [0.1, 0.15) is 21.1 Å². The SMILES string of the molecule is Cc1c(C(=O)NCCc2nc(-c3ccc([N+](=O)[O-])cc3)cs2)oc2ccccc12. The molecule has 8 heteroatoms. The number of hydrogen-bond acceptors (Lipinski definition) is 6. The van der Waals surface area contributed by atoms with Crippen molar-refractivity contribution in [2.24, 2.45) is 0 Å². The fourth-order valence-electron chi connectivity index (χ4n) is 3.07. The molecule has 7 nitrogen and oxygen atoms in total. The van der Waals surface area contributed by atoms with Crippen LogP contribution in [0.4, 0.5) is 5.69 Å². The number of hydrogen-bond donors (Lipinski definition) is 1. The van der Waals surface area contributed by atoms with Gasteiger partial charge in [-0.05, 0) is 25.1 Å². The molecule has 1 amide bonds. The molecule has 0 spiro atoms. The van der Waals surface area contributed by atoms with E-state index in [-0.39, 0.29) is 11.6 Å². The first-order valence-electron chi connectivity index (χ1n) is 8.98. The van der Waals surface area contributed by atoms with Gasteiger partial charge in [0, 0.05) is 47.0 Å². The third kappa shape index (κ3) is 3.88. The fourth-order valence-corrected chi connectivity index (χ4v) is 3.87. The molecule has 0 saturated carbocycles. The predicted octanol–water partition coefficient (Wildman–Crippen LogP) is 4.75. The third-order valence-electron chi connectivity index (χ3n) is 4.60. The average Bonchev–Trinajstić information content (AvgIpc) is 3.33. The third-order valence-corrected chi connectivity index (χ3v) is 5.51. The maximum Gasteiger partial charge on any atom is 0.287 e. The van der Waals surface area contributed by atoms with Crippen LogP contribution in [0, 0.1) is 17.0 Å². The molecule has 4 aromatic rings. The molecule has 146 valence electrons. The number of aromatic nitrogens is 1. The number of nitro groups is 1. The lowest BCUT2D eigenvalue weighted by atomic mass is 10.1. The molecule has 0 aliphatic rings. The highest BCUT2D eigenvalue weighted by Crippen LogP contribution is 2.26. The Hall–Kier alpha value is -3.52. The zero-order chi connectivity index (χ0) is 20.4. The van der Waals surface area contributed by atoms with Crippen molar-refractivity contribution < 1.29 is 14.1 Å². The van der Waals surface area contributed by atoms with Crippen LogP contribution in [0.15, 0.2) is 58.3 Å². The van der Waals surface area contributed by atoms with E-state index in [9.17, 15) is 14.9 Å². The zero-order valence-corrected chi connectivity index (χ0v) is 16.4. The number of nitrogens with zero attached hydrogens (tertiary/aromatic N) is 2. The fraction of sp³-hybridized carbons (Fsp3) is 0.143. The summed E-state index contributed by atoms with van der Waals surface area (Å²) in [5.74, 6) is 0.0859. The molecule has 2 aromatic heterocycles. The van der Waals surface area contributed by atoms with E-state index >= 15 is 0 Å². The zero-order valence-electron chi connectivity index (χ0n) is 15.5. The molecule has 2 heterocycles. The van der Waals surface area contributed by atoms with Crippen molar-refractivity contribution in [1.29, 1.82) is 0 Å². The molecular formula is C21H17N3O4S. The molecule has 0 bridgehead atoms. The average molecular weight is 407 g/mol. The number of non-ortho nitro benzene ring substituents is 1. The van der Waals surface area contributed by atoms with Gasteiger partial charge in [-0.25, -0.2) is 4.98 Å². The van der Waals surface area contributed by atoms with Gasteiger partial charge in [0.1, 0.15) is 5.58 Å². The summed E-state index contributed by atoms with van der Waals surface area (Å²) < 4.78 is 5.68. The number of thiazole rings is 1. The van der Waals surface area contributed by atoms with Crippen LogP contribution in [0.2, 0.25) is 0 Å². The van der Waals surface area contributed by atoms with Gasteiger partial charge in [-0.15, -0.1) is 11.3 Å². The van der Waals surface area contributed by atoms with Gasteiger partial charge in [0.2, 0.25) is 0 Å². The molecule has 0 fully saturated rings. The Labute approximate surface area is 170 Å². The Morgan fingerprint density at radius 1 is 1.21 bits per heavy atom. The van der Waals surface area contributed by atoms with Crippen LogP contribution in [0.3, 0.4) is 0 Å². The van der Waals surface area contributed by atoms with E-state index in [0.29, 0.717) is 24.3 Å². The van der Waals surface area contributed by atoms with Gasteiger partial charge in [0.25, 0.3) is 11.6 Å². The Kier molecular flexibility index (Phi) is 5.09. The van der Waals surface area contributed by atoms with Crippen LogP contribution in [0.5, 0.6) is 0 Å². The Morgan fingerprint density at radius 3 is 2.69 bits per heavy atom. The Morgan fingerprint density at radius 2 is 1.97 bits per heavy atom. The Balaban J connectivity index is 1.38. The van der Waals surface area contributed by atoms with E-state index in [2.05, 4.69) is 10.3 Å². The number of amides is 1. The van der Waals surface area contributed by atoms with Crippen molar-refractivity contribution in [3.05, 3.63) is 80.4 Å². The van der Waals surface area contributed by atoms with E-state index in [1.807, 2.05) is 36.6 Å². The first-order chi connectivity index (χ1) is 14.0. The van der Waals surface area contributed by atoms with Crippen LogP contribution >= 0.6 is 11.3 Å². The van der Waals surface area contributed by atoms with Gasteiger partial charge >= 0.3 is 0 Å². The lowest BCUT2D eigenvalue weighted by Crippen LogP contribution is -2.25. The van der Waals surface area contributed by atoms with Gasteiger partial charge in [0.05, 0.1) is 15.6 Å². The van der Waals surface area contributed by atoms with E-state index in [4.69, 9.17) is 4.42 Å². The number of furan rings is 1. The lowest BCUT2D eigenvalue weighted by Gasteiger charge is -2.02. The lowest BCUT2D eigenvalue weighted by molar-refractivity contribution is -0.384. The van der Waals surface area contributed by atoms with Crippen LogP contribution in [-0.4, -0.2) is 22.4 Å². The first-order valence-corrected chi connectivity index (χ1v) is 9.86. The minimum atomic E-state index is -0.428. The summed E-state index contributed by atoms with van der Waals surface area (Å²) in [5, 5.41) is 17.3. The highest BCUT2D eigenvalue weighted by Gasteiger charge is 2.17. The van der Waals surface area contributed by atoms with Gasteiger partial charge in [-0.1, -0.05) is 18.2 Å². The summed E-state index contributed by atoms with van der Waals surface area (Å²) in [5.41, 5.74) is 3.16. The molecule has 0 aliphatic carbocycles. The van der Waals surface area contributed by atoms with Crippen molar-refractivity contribution in [3.8, 4) is 11.3 Å². The maximum atomic E-state index is 12.5. The van der Waals surface area contributed by atoms with E-state index in [1.165, 1.54) is 23.5 Å². The van der Waals surface area contributed by atoms with E-state index < -0.39 is 4.92 Å². The predicted molar refractivity (Wildman–Crippen MR) is 111 cm³/mol. The molecule has 1 N–H and O–H groups in total. The molecule has 0 radical (unpaired) electrons. The number of para-hydroxylation sites is 1. The quantitative estimate of drug-likeness (QED) is 0.367. The molecule has 4 rings (SSSR count). The number of aryl methyl sites for hydroxylation is 1. The van der Waals surface area contributed by atoms with Crippen molar-refractivity contribution in [3.63, 3.8) is 0 Å². The molecular weight excluding hydrogens is 390 g/mol. The van der Waals surface area contributed by atoms with Crippen molar-refractivity contribution in [2.75, 3.05) is 6.54 Å². The van der Waals surface area contributed by atoms with Crippen molar-refractivity contribution in [1.82, 2.24) is 10.3 Å². The molecule has 2 aromatic carbocycles. The number of benzene rings is 2. The normalized spacial score (nSPS) is 10.9. The first kappa shape index (κ1) is 18.8. The van der Waals surface area contributed by atoms with Gasteiger partial charge in [0.15, 0.2) is 5.76 Å². The summed E-state index contributed by atoms with van der Waals surface area (Å²) in [6.45, 7) is 2.31. The highest BCUT2D eigenvalue weighted by atomic mass is 32.1. The molecule has 0 unspecified atom stereocenters. The standard InChI is InChI=1S/C21H17N3O4S/c1-13-16-4-2-3-5-18(16)28-20(13)21(25)22-11-10-19-23-17(12-29-19)14-6-8-15(9-7-14)24(26)27/h2-9,12H,10-11H2,1H3,(H,22,25). The highest BCUT2D eigenvalue weighted by molar-refractivity contribution is 7.09. The summed E-state index contributed by atoms with van der Waals surface area (Å²) in [4.78, 5) is 27.3. The summed E-state index contributed by atoms with van der Waals surface area (Å²) in [6.07, 6.45) is 0.586. The number of nitrogens with one attached hydrogen (secondary N) is 1. The largest absolute Gasteiger partial charge is 0.451 e. The summed E-state index contributed by atoms with van der Waals surface area (Å²) in [7, 11) is 0. The molecule has 0 saturated heterocycles. The van der Waals surface area contributed by atoms with Crippen LogP contribution < -0.4 is 5.32 Å². The van der Waals surface area contributed by atoms with E-state index in [0.717, 1.165) is 27.2 Å². The summed E-state index contributed by atoms with van der Waals surface area (Å²) in [6, 6.07) is 13.9. The minimum Gasteiger partial charge on any atom is -0.451 e. The van der Waals surface area contributed by atoms with Gasteiger partial charge in [-0.2, -0.15) is 0 Å². The number of fused-ring (bicyclic) bond motifs is 1. The second kappa shape index (κ2) is 7.84. The topological polar surface area (TPSA) is 98.3 Å². The summed E-state index contributed by atoms with van der Waals surface area (Å²) >= 11 is 1.49. The van der Waals surface area contributed by atoms with Gasteiger partial charge < -0.3 is 9.73 Å². The number of carbonyl (C=O) groups excluding carboxylic acids is 1. The van der Waals surface area contributed by atoms with Gasteiger partial charge in [-0.3, -0.25) is 14.9 Å². The van der Waals surface area contributed by atoms with E-state index in [1.54, 1.807) is 12.1 Å². The molecule has 0 aliphatic heterocycles. The minimum absolute atomic E-state index is 0.0489. The molecule has 29 heavy (non-hydrogen) atoms. The smallest absolute Gasteiger partial charge is 0.287 e. The second-order valence-electron chi connectivity index (χ2n) is 6.49.